The van der Waals surface area contributed by atoms with E-state index in [0.717, 1.165) is 5.75 Å². The molecule has 0 spiro atoms. The fraction of sp³-hybridized carbons (Fsp3) is 0.263. The average Bonchev–Trinajstić information content (AvgIpc) is 2.84. The van der Waals surface area contributed by atoms with E-state index in [1.807, 2.05) is 12.1 Å². The van der Waals surface area contributed by atoms with Gasteiger partial charge in [-0.2, -0.15) is 0 Å². The average molecular weight is 279 g/mol. The summed E-state index contributed by atoms with van der Waals surface area (Å²) in [6, 6.07) is 16.9. The molecule has 2 aromatic rings. The summed E-state index contributed by atoms with van der Waals surface area (Å²) < 4.78 is 5.80. The van der Waals surface area contributed by atoms with Crippen molar-refractivity contribution < 1.29 is 4.74 Å². The number of rotatable bonds is 3. The zero-order valence-corrected chi connectivity index (χ0v) is 12.8. The molecule has 0 aliphatic carbocycles. The van der Waals surface area contributed by atoms with Gasteiger partial charge in [0.1, 0.15) is 12.4 Å². The Labute approximate surface area is 126 Å². The summed E-state index contributed by atoms with van der Waals surface area (Å²) in [6.45, 7) is 2.93. The monoisotopic (exact) mass is 279 g/mol. The van der Waals surface area contributed by atoms with Crippen molar-refractivity contribution in [3.63, 3.8) is 0 Å². The van der Waals surface area contributed by atoms with Crippen molar-refractivity contribution in [3.05, 3.63) is 65.7 Å². The minimum absolute atomic E-state index is 0.0448. The fourth-order valence-electron chi connectivity index (χ4n) is 2.67. The predicted octanol–water partition coefficient (Wildman–Crippen LogP) is 4.12. The van der Waals surface area contributed by atoms with Gasteiger partial charge in [-0.3, -0.25) is 0 Å². The maximum atomic E-state index is 5.80. The van der Waals surface area contributed by atoms with Crippen LogP contribution in [0.25, 0.3) is 6.08 Å². The van der Waals surface area contributed by atoms with Crippen LogP contribution in [0, 0.1) is 0 Å². The van der Waals surface area contributed by atoms with Crippen LogP contribution >= 0.6 is 0 Å². The van der Waals surface area contributed by atoms with Crippen molar-refractivity contribution in [2.24, 2.45) is 0 Å². The van der Waals surface area contributed by atoms with Crippen molar-refractivity contribution in [2.75, 3.05) is 25.6 Å². The van der Waals surface area contributed by atoms with Crippen LogP contribution in [-0.4, -0.2) is 20.7 Å². The highest BCUT2D eigenvalue weighted by atomic mass is 16.5. The Bertz CT molecular complexity index is 658. The summed E-state index contributed by atoms with van der Waals surface area (Å²) in [4.78, 5) is 2.11. The SMILES string of the molecule is CN(C)c1ccc(/C=C/C2(C)COc3ccccc32)cc1. The van der Waals surface area contributed by atoms with E-state index in [4.69, 9.17) is 4.74 Å². The summed E-state index contributed by atoms with van der Waals surface area (Å²) in [7, 11) is 4.11. The van der Waals surface area contributed by atoms with Gasteiger partial charge in [-0.1, -0.05) is 42.5 Å². The molecular formula is C19H21NO. The molecule has 1 atom stereocenters. The predicted molar refractivity (Wildman–Crippen MR) is 89.1 cm³/mol. The van der Waals surface area contributed by atoms with Gasteiger partial charge < -0.3 is 9.64 Å². The molecular weight excluding hydrogens is 258 g/mol. The number of benzene rings is 2. The topological polar surface area (TPSA) is 12.5 Å². The summed E-state index contributed by atoms with van der Waals surface area (Å²) in [5.41, 5.74) is 3.65. The standard InChI is InChI=1S/C19H21NO/c1-19(14-21-18-7-5-4-6-17(18)19)13-12-15-8-10-16(11-9-15)20(2)3/h4-13H,14H2,1-3H3/b13-12+. The maximum absolute atomic E-state index is 5.80. The molecule has 2 aromatic carbocycles. The second-order valence-electron chi connectivity index (χ2n) is 6.02. The number of para-hydroxylation sites is 1. The van der Waals surface area contributed by atoms with Gasteiger partial charge in [-0.25, -0.2) is 0 Å². The lowest BCUT2D eigenvalue weighted by molar-refractivity contribution is 0.307. The van der Waals surface area contributed by atoms with E-state index in [1.54, 1.807) is 0 Å². The lowest BCUT2D eigenvalue weighted by Crippen LogP contribution is -2.20. The Balaban J connectivity index is 1.83. The molecule has 1 heterocycles. The highest BCUT2D eigenvalue weighted by Gasteiger charge is 2.33. The van der Waals surface area contributed by atoms with Crippen LogP contribution in [0.2, 0.25) is 0 Å². The van der Waals surface area contributed by atoms with E-state index in [-0.39, 0.29) is 5.41 Å². The molecule has 2 heteroatoms. The molecule has 3 rings (SSSR count). The van der Waals surface area contributed by atoms with E-state index in [9.17, 15) is 0 Å². The van der Waals surface area contributed by atoms with Crippen molar-refractivity contribution in [1.82, 2.24) is 0 Å². The largest absolute Gasteiger partial charge is 0.492 e. The Hall–Kier alpha value is -2.22. The van der Waals surface area contributed by atoms with Gasteiger partial charge in [0, 0.05) is 30.8 Å². The van der Waals surface area contributed by atoms with Crippen molar-refractivity contribution in [2.45, 2.75) is 12.3 Å². The van der Waals surface area contributed by atoms with Gasteiger partial charge in [0.05, 0.1) is 0 Å². The number of ether oxygens (including phenoxy) is 1. The van der Waals surface area contributed by atoms with Gasteiger partial charge in [0.2, 0.25) is 0 Å². The van der Waals surface area contributed by atoms with E-state index in [0.29, 0.717) is 6.61 Å². The van der Waals surface area contributed by atoms with Crippen LogP contribution in [0.3, 0.4) is 0 Å². The van der Waals surface area contributed by atoms with Crippen LogP contribution < -0.4 is 9.64 Å². The zero-order valence-electron chi connectivity index (χ0n) is 12.8. The van der Waals surface area contributed by atoms with Crippen molar-refractivity contribution in [3.8, 4) is 5.75 Å². The van der Waals surface area contributed by atoms with Crippen LogP contribution in [0.4, 0.5) is 5.69 Å². The highest BCUT2D eigenvalue weighted by Crippen LogP contribution is 2.39. The first-order chi connectivity index (χ1) is 10.1. The van der Waals surface area contributed by atoms with Crippen LogP contribution in [0.15, 0.2) is 54.6 Å². The molecule has 2 nitrogen and oxygen atoms in total. The molecule has 0 amide bonds. The number of anilines is 1. The summed E-state index contributed by atoms with van der Waals surface area (Å²) >= 11 is 0. The molecule has 108 valence electrons. The zero-order chi connectivity index (χ0) is 14.9. The molecule has 0 saturated heterocycles. The van der Waals surface area contributed by atoms with Crippen LogP contribution in [-0.2, 0) is 5.41 Å². The Morgan fingerprint density at radius 3 is 2.48 bits per heavy atom. The van der Waals surface area contributed by atoms with Gasteiger partial charge in [-0.15, -0.1) is 0 Å². The number of fused-ring (bicyclic) bond motifs is 1. The third-order valence-corrected chi connectivity index (χ3v) is 4.08. The first kappa shape index (κ1) is 13.7. The first-order valence-corrected chi connectivity index (χ1v) is 7.27. The van der Waals surface area contributed by atoms with Gasteiger partial charge >= 0.3 is 0 Å². The third-order valence-electron chi connectivity index (χ3n) is 4.08. The van der Waals surface area contributed by atoms with Gasteiger partial charge in [0.25, 0.3) is 0 Å². The fourth-order valence-corrected chi connectivity index (χ4v) is 2.67. The second-order valence-corrected chi connectivity index (χ2v) is 6.02. The van der Waals surface area contributed by atoms with Gasteiger partial charge in [-0.05, 0) is 30.7 Å². The molecule has 0 bridgehead atoms. The molecule has 1 aliphatic rings. The first-order valence-electron chi connectivity index (χ1n) is 7.27. The lowest BCUT2D eigenvalue weighted by atomic mass is 9.84. The molecule has 0 aromatic heterocycles. The van der Waals surface area contributed by atoms with Gasteiger partial charge in [0.15, 0.2) is 0 Å². The molecule has 0 N–H and O–H groups in total. The normalized spacial score (nSPS) is 20.3. The number of hydrogen-bond acceptors (Lipinski definition) is 2. The molecule has 21 heavy (non-hydrogen) atoms. The van der Waals surface area contributed by atoms with E-state index >= 15 is 0 Å². The quantitative estimate of drug-likeness (QED) is 0.838. The maximum Gasteiger partial charge on any atom is 0.123 e. The molecule has 0 fully saturated rings. The van der Waals surface area contributed by atoms with Crippen LogP contribution in [0.5, 0.6) is 5.75 Å². The molecule has 0 saturated carbocycles. The summed E-state index contributed by atoms with van der Waals surface area (Å²) in [6.07, 6.45) is 4.44. The van der Waals surface area contributed by atoms with Crippen molar-refractivity contribution >= 4 is 11.8 Å². The second kappa shape index (κ2) is 5.28. The molecule has 1 aliphatic heterocycles. The molecule has 0 radical (unpaired) electrons. The minimum Gasteiger partial charge on any atom is -0.492 e. The minimum atomic E-state index is -0.0448. The molecule has 1 unspecified atom stereocenters. The summed E-state index contributed by atoms with van der Waals surface area (Å²) in [5, 5.41) is 0. The lowest BCUT2D eigenvalue weighted by Gasteiger charge is -2.17. The van der Waals surface area contributed by atoms with Crippen LogP contribution in [0.1, 0.15) is 18.1 Å². The highest BCUT2D eigenvalue weighted by molar-refractivity contribution is 5.58. The van der Waals surface area contributed by atoms with E-state index < -0.39 is 0 Å². The number of nitrogens with zero attached hydrogens (tertiary/aromatic N) is 1. The Morgan fingerprint density at radius 2 is 1.76 bits per heavy atom. The van der Waals surface area contributed by atoms with Crippen molar-refractivity contribution in [1.29, 1.82) is 0 Å². The smallest absolute Gasteiger partial charge is 0.123 e. The van der Waals surface area contributed by atoms with E-state index in [2.05, 4.69) is 74.5 Å². The van der Waals surface area contributed by atoms with E-state index in [1.165, 1.54) is 16.8 Å². The Kier molecular flexibility index (Phi) is 3.46. The summed E-state index contributed by atoms with van der Waals surface area (Å²) in [5.74, 6) is 1.01. The Morgan fingerprint density at radius 1 is 1.05 bits per heavy atom. The third kappa shape index (κ3) is 2.66. The number of hydrogen-bond donors (Lipinski definition) is 0.